The third-order valence-corrected chi connectivity index (χ3v) is 2.84. The molecule has 0 fully saturated rings. The van der Waals surface area contributed by atoms with E-state index in [0.717, 1.165) is 0 Å². The van der Waals surface area contributed by atoms with Gasteiger partial charge in [-0.2, -0.15) is 0 Å². The summed E-state index contributed by atoms with van der Waals surface area (Å²) in [6, 6.07) is 0. The smallest absolute Gasteiger partial charge is 0.226 e. The highest BCUT2D eigenvalue weighted by Gasteiger charge is 2.28. The summed E-state index contributed by atoms with van der Waals surface area (Å²) < 4.78 is 5.19. The Morgan fingerprint density at radius 1 is 1.36 bits per heavy atom. The lowest BCUT2D eigenvalue weighted by Crippen LogP contribution is -2.45. The Morgan fingerprint density at radius 2 is 1.86 bits per heavy atom. The van der Waals surface area contributed by atoms with Crippen LogP contribution in [0.1, 0.15) is 27.7 Å². The first-order valence-corrected chi connectivity index (χ1v) is 5.18. The number of hydrogen-bond acceptors (Lipinski definition) is 2. The van der Waals surface area contributed by atoms with Crippen LogP contribution in [-0.4, -0.2) is 31.0 Å². The van der Waals surface area contributed by atoms with E-state index >= 15 is 0 Å². The average molecular weight is 222 g/mol. The predicted molar refractivity (Wildman–Crippen MR) is 58.6 cm³/mol. The number of rotatable bonds is 5. The average Bonchev–Trinajstić information content (AvgIpc) is 2.14. The van der Waals surface area contributed by atoms with Gasteiger partial charge >= 0.3 is 0 Å². The molecule has 0 radical (unpaired) electrons. The van der Waals surface area contributed by atoms with Crippen LogP contribution in [0.2, 0.25) is 0 Å². The van der Waals surface area contributed by atoms with E-state index in [1.165, 1.54) is 0 Å². The summed E-state index contributed by atoms with van der Waals surface area (Å²) in [7, 11) is 1.62. The summed E-state index contributed by atoms with van der Waals surface area (Å²) in [5.41, 5.74) is -0.858. The van der Waals surface area contributed by atoms with Gasteiger partial charge in [0.1, 0.15) is 0 Å². The quantitative estimate of drug-likeness (QED) is 0.719. The standard InChI is InChI=1S/C10H20ClNO2/c1-9(2,6-11)8(13)12-7-10(3,4)14-5/h6-7H2,1-5H3,(H,12,13). The Morgan fingerprint density at radius 3 is 2.21 bits per heavy atom. The van der Waals surface area contributed by atoms with Crippen LogP contribution in [0.15, 0.2) is 0 Å². The highest BCUT2D eigenvalue weighted by molar-refractivity contribution is 6.19. The SMILES string of the molecule is COC(C)(C)CNC(=O)C(C)(C)CCl. The molecule has 0 heterocycles. The summed E-state index contributed by atoms with van der Waals surface area (Å²) >= 11 is 5.68. The molecule has 1 amide bonds. The number of amides is 1. The summed E-state index contributed by atoms with van der Waals surface area (Å²) in [4.78, 5) is 11.6. The molecule has 0 unspecified atom stereocenters. The van der Waals surface area contributed by atoms with Gasteiger partial charge in [0.25, 0.3) is 0 Å². The number of methoxy groups -OCH3 is 1. The lowest BCUT2D eigenvalue weighted by molar-refractivity contribution is -0.129. The van der Waals surface area contributed by atoms with Gasteiger partial charge in [0.05, 0.1) is 11.0 Å². The maximum Gasteiger partial charge on any atom is 0.226 e. The van der Waals surface area contributed by atoms with Crippen LogP contribution in [-0.2, 0) is 9.53 Å². The third kappa shape index (κ3) is 4.29. The van der Waals surface area contributed by atoms with Crippen molar-refractivity contribution < 1.29 is 9.53 Å². The monoisotopic (exact) mass is 221 g/mol. The second-order valence-corrected chi connectivity index (χ2v) is 4.93. The second kappa shape index (κ2) is 4.99. The highest BCUT2D eigenvalue weighted by Crippen LogP contribution is 2.17. The number of halogens is 1. The van der Waals surface area contributed by atoms with Crippen LogP contribution >= 0.6 is 11.6 Å². The number of hydrogen-bond donors (Lipinski definition) is 1. The zero-order valence-corrected chi connectivity index (χ0v) is 10.4. The number of alkyl halides is 1. The number of carbonyl (C=O) groups is 1. The second-order valence-electron chi connectivity index (χ2n) is 4.66. The molecule has 0 rings (SSSR count). The maximum absolute atomic E-state index is 11.6. The largest absolute Gasteiger partial charge is 0.377 e. The van der Waals surface area contributed by atoms with E-state index in [-0.39, 0.29) is 11.5 Å². The molecule has 3 nitrogen and oxygen atoms in total. The number of ether oxygens (including phenoxy) is 1. The van der Waals surface area contributed by atoms with E-state index in [9.17, 15) is 4.79 Å². The summed E-state index contributed by atoms with van der Waals surface area (Å²) in [5, 5.41) is 2.82. The first-order chi connectivity index (χ1) is 6.25. The van der Waals surface area contributed by atoms with Gasteiger partial charge in [-0.05, 0) is 27.7 Å². The van der Waals surface area contributed by atoms with Crippen molar-refractivity contribution in [2.75, 3.05) is 19.5 Å². The summed E-state index contributed by atoms with van der Waals surface area (Å²) in [6.07, 6.45) is 0. The summed E-state index contributed by atoms with van der Waals surface area (Å²) in [5.74, 6) is 0.268. The fraction of sp³-hybridized carbons (Fsp3) is 0.900. The van der Waals surface area contributed by atoms with E-state index in [1.807, 2.05) is 27.7 Å². The van der Waals surface area contributed by atoms with E-state index in [4.69, 9.17) is 16.3 Å². The Hall–Kier alpha value is -0.280. The molecule has 0 aliphatic carbocycles. The van der Waals surface area contributed by atoms with Crippen molar-refractivity contribution in [3.05, 3.63) is 0 Å². The molecule has 0 saturated heterocycles. The minimum absolute atomic E-state index is 0.0439. The van der Waals surface area contributed by atoms with E-state index in [0.29, 0.717) is 12.4 Å². The minimum atomic E-state index is -0.522. The van der Waals surface area contributed by atoms with Crippen molar-refractivity contribution in [2.24, 2.45) is 5.41 Å². The van der Waals surface area contributed by atoms with Crippen molar-refractivity contribution in [2.45, 2.75) is 33.3 Å². The van der Waals surface area contributed by atoms with Crippen LogP contribution in [0.25, 0.3) is 0 Å². The molecular weight excluding hydrogens is 202 g/mol. The predicted octanol–water partition coefficient (Wildman–Crippen LogP) is 1.79. The number of nitrogens with one attached hydrogen (secondary N) is 1. The maximum atomic E-state index is 11.6. The molecule has 0 aromatic carbocycles. The van der Waals surface area contributed by atoms with Crippen molar-refractivity contribution in [3.63, 3.8) is 0 Å². The van der Waals surface area contributed by atoms with E-state index < -0.39 is 5.41 Å². The van der Waals surface area contributed by atoms with Gasteiger partial charge in [-0.3, -0.25) is 4.79 Å². The topological polar surface area (TPSA) is 38.3 Å². The molecule has 0 aromatic heterocycles. The van der Waals surface area contributed by atoms with Crippen LogP contribution in [0.4, 0.5) is 0 Å². The minimum Gasteiger partial charge on any atom is -0.377 e. The van der Waals surface area contributed by atoms with Crippen LogP contribution in [0.5, 0.6) is 0 Å². The van der Waals surface area contributed by atoms with Gasteiger partial charge in [0.2, 0.25) is 5.91 Å². The Labute approximate surface area is 91.2 Å². The first-order valence-electron chi connectivity index (χ1n) is 4.64. The molecule has 0 aromatic rings. The lowest BCUT2D eigenvalue weighted by atomic mass is 9.95. The van der Waals surface area contributed by atoms with Gasteiger partial charge < -0.3 is 10.1 Å². The molecule has 0 bridgehead atoms. The number of carbonyl (C=O) groups excluding carboxylic acids is 1. The van der Waals surface area contributed by atoms with Crippen LogP contribution < -0.4 is 5.32 Å². The Bertz CT molecular complexity index is 202. The molecule has 1 N–H and O–H groups in total. The van der Waals surface area contributed by atoms with Crippen LogP contribution in [0.3, 0.4) is 0 Å². The third-order valence-electron chi connectivity index (χ3n) is 2.18. The van der Waals surface area contributed by atoms with Crippen molar-refractivity contribution >= 4 is 17.5 Å². The Kier molecular flexibility index (Phi) is 4.89. The van der Waals surface area contributed by atoms with Gasteiger partial charge in [-0.25, -0.2) is 0 Å². The van der Waals surface area contributed by atoms with Crippen molar-refractivity contribution in [3.8, 4) is 0 Å². The molecule has 0 atom stereocenters. The van der Waals surface area contributed by atoms with Gasteiger partial charge in [0, 0.05) is 19.5 Å². The summed E-state index contributed by atoms with van der Waals surface area (Å²) in [6.45, 7) is 7.95. The molecule has 84 valence electrons. The van der Waals surface area contributed by atoms with Crippen LogP contribution in [0, 0.1) is 5.41 Å². The normalized spacial score (nSPS) is 12.7. The zero-order valence-electron chi connectivity index (χ0n) is 9.61. The van der Waals surface area contributed by atoms with Crippen molar-refractivity contribution in [1.29, 1.82) is 0 Å². The van der Waals surface area contributed by atoms with Gasteiger partial charge in [0.15, 0.2) is 0 Å². The fourth-order valence-electron chi connectivity index (χ4n) is 0.665. The molecular formula is C10H20ClNO2. The van der Waals surface area contributed by atoms with Gasteiger partial charge in [-0.15, -0.1) is 11.6 Å². The molecule has 0 saturated carbocycles. The first kappa shape index (κ1) is 13.7. The molecule has 0 aliphatic rings. The molecule has 0 spiro atoms. The van der Waals surface area contributed by atoms with E-state index in [1.54, 1.807) is 7.11 Å². The molecule has 4 heteroatoms. The lowest BCUT2D eigenvalue weighted by Gasteiger charge is -2.26. The highest BCUT2D eigenvalue weighted by atomic mass is 35.5. The zero-order chi connectivity index (χ0) is 11.4. The fourth-order valence-corrected chi connectivity index (χ4v) is 0.787. The van der Waals surface area contributed by atoms with Crippen molar-refractivity contribution in [1.82, 2.24) is 5.32 Å². The molecule has 0 aliphatic heterocycles. The molecule has 14 heavy (non-hydrogen) atoms. The Balaban J connectivity index is 4.10. The van der Waals surface area contributed by atoms with E-state index in [2.05, 4.69) is 5.32 Å². The van der Waals surface area contributed by atoms with Gasteiger partial charge in [-0.1, -0.05) is 0 Å².